The maximum absolute atomic E-state index is 13.4. The summed E-state index contributed by atoms with van der Waals surface area (Å²) in [7, 11) is 0. The maximum Gasteiger partial charge on any atom is 0.264 e. The molecule has 6 rings (SSSR count). The molecule has 2 aliphatic heterocycles. The van der Waals surface area contributed by atoms with Gasteiger partial charge in [-0.2, -0.15) is 4.98 Å². The minimum Gasteiger partial charge on any atom is -0.365 e. The van der Waals surface area contributed by atoms with Gasteiger partial charge in [0.25, 0.3) is 5.56 Å². The Morgan fingerprint density at radius 1 is 1.09 bits per heavy atom. The molecule has 0 radical (unpaired) electrons. The SMILES string of the molecule is O=c1[nH]c(N2CCN(c3nccs3)CC2)nc(N[C@@H]2CCCNC2)c1-c1nc2ccccc2s1. The molecule has 0 saturated carbocycles. The van der Waals surface area contributed by atoms with Gasteiger partial charge < -0.3 is 20.4 Å². The predicted molar refractivity (Wildman–Crippen MR) is 140 cm³/mol. The van der Waals surface area contributed by atoms with Gasteiger partial charge in [-0.15, -0.1) is 22.7 Å². The van der Waals surface area contributed by atoms with E-state index in [1.807, 2.05) is 35.8 Å². The van der Waals surface area contributed by atoms with E-state index in [4.69, 9.17) is 9.97 Å². The van der Waals surface area contributed by atoms with Crippen LogP contribution in [0.3, 0.4) is 0 Å². The first-order valence-corrected chi connectivity index (χ1v) is 13.3. The molecule has 5 heterocycles. The number of piperidine rings is 1. The fourth-order valence-corrected chi connectivity index (χ4v) is 6.25. The number of nitrogens with zero attached hydrogens (tertiary/aromatic N) is 5. The van der Waals surface area contributed by atoms with Crippen LogP contribution in [0.5, 0.6) is 0 Å². The first kappa shape index (κ1) is 21.5. The number of nitrogens with one attached hydrogen (secondary N) is 3. The highest BCUT2D eigenvalue weighted by Crippen LogP contribution is 2.33. The minimum absolute atomic E-state index is 0.155. The minimum atomic E-state index is -0.155. The van der Waals surface area contributed by atoms with Crippen LogP contribution in [0.25, 0.3) is 20.8 Å². The summed E-state index contributed by atoms with van der Waals surface area (Å²) in [6, 6.07) is 8.20. The van der Waals surface area contributed by atoms with Crippen LogP contribution in [-0.2, 0) is 0 Å². The van der Waals surface area contributed by atoms with Gasteiger partial charge in [-0.05, 0) is 31.5 Å². The largest absolute Gasteiger partial charge is 0.365 e. The zero-order valence-corrected chi connectivity index (χ0v) is 20.3. The van der Waals surface area contributed by atoms with Crippen molar-refractivity contribution in [2.24, 2.45) is 0 Å². The average molecular weight is 495 g/mol. The predicted octanol–water partition coefficient (Wildman–Crippen LogP) is 2.99. The van der Waals surface area contributed by atoms with Crippen LogP contribution in [0.15, 0.2) is 40.6 Å². The maximum atomic E-state index is 13.4. The van der Waals surface area contributed by atoms with E-state index in [0.717, 1.165) is 67.5 Å². The molecule has 3 N–H and O–H groups in total. The first-order valence-electron chi connectivity index (χ1n) is 11.6. The number of fused-ring (bicyclic) bond motifs is 1. The molecule has 2 fully saturated rings. The Balaban J connectivity index is 1.33. The van der Waals surface area contributed by atoms with Crippen LogP contribution < -0.4 is 26.0 Å². The van der Waals surface area contributed by atoms with Crippen molar-refractivity contribution < 1.29 is 0 Å². The van der Waals surface area contributed by atoms with Crippen molar-refractivity contribution in [3.63, 3.8) is 0 Å². The van der Waals surface area contributed by atoms with Crippen molar-refractivity contribution in [2.75, 3.05) is 54.4 Å². The molecule has 176 valence electrons. The van der Waals surface area contributed by atoms with Gasteiger partial charge in [0.05, 0.1) is 10.2 Å². The summed E-state index contributed by atoms with van der Waals surface area (Å²) in [5.41, 5.74) is 1.27. The monoisotopic (exact) mass is 494 g/mol. The molecule has 0 spiro atoms. The second kappa shape index (κ2) is 9.32. The van der Waals surface area contributed by atoms with Crippen LogP contribution in [0.4, 0.5) is 16.9 Å². The smallest absolute Gasteiger partial charge is 0.264 e. The second-order valence-electron chi connectivity index (χ2n) is 8.58. The van der Waals surface area contributed by atoms with Crippen LogP contribution in [0.1, 0.15) is 12.8 Å². The Kier molecular flexibility index (Phi) is 5.90. The number of H-pyrrole nitrogens is 1. The van der Waals surface area contributed by atoms with Crippen LogP contribution >= 0.6 is 22.7 Å². The first-order chi connectivity index (χ1) is 16.7. The third kappa shape index (κ3) is 4.26. The number of piperazine rings is 1. The standard InChI is InChI=1S/C23H26N8OS2/c32-20-18(21-27-16-5-1-2-6-17(16)34-21)19(26-15-4-3-7-24-14-15)28-22(29-20)30-9-11-31(12-10-30)23-25-8-13-33-23/h1-2,5-6,8,13,15,24H,3-4,7,9-12,14H2,(H2,26,28,29,32)/t15-/m1/s1. The van der Waals surface area contributed by atoms with E-state index in [1.165, 1.54) is 11.3 Å². The van der Waals surface area contributed by atoms with E-state index >= 15 is 0 Å². The van der Waals surface area contributed by atoms with Crippen LogP contribution in [-0.4, -0.2) is 65.2 Å². The summed E-state index contributed by atoms with van der Waals surface area (Å²) in [6.07, 6.45) is 3.98. The highest BCUT2D eigenvalue weighted by Gasteiger charge is 2.25. The van der Waals surface area contributed by atoms with E-state index in [9.17, 15) is 4.79 Å². The molecule has 0 aliphatic carbocycles. The fourth-order valence-electron chi connectivity index (χ4n) is 4.54. The summed E-state index contributed by atoms with van der Waals surface area (Å²) >= 11 is 3.18. The highest BCUT2D eigenvalue weighted by atomic mass is 32.1. The lowest BCUT2D eigenvalue weighted by Crippen LogP contribution is -2.47. The van der Waals surface area contributed by atoms with Gasteiger partial charge in [0.1, 0.15) is 16.4 Å². The summed E-state index contributed by atoms with van der Waals surface area (Å²) in [5.74, 6) is 1.23. The molecule has 1 aromatic carbocycles. The van der Waals surface area contributed by atoms with E-state index in [-0.39, 0.29) is 11.6 Å². The molecule has 3 aromatic heterocycles. The lowest BCUT2D eigenvalue weighted by atomic mass is 10.1. The summed E-state index contributed by atoms with van der Waals surface area (Å²) in [5, 5.41) is 10.7. The molecule has 11 heteroatoms. The molecule has 0 amide bonds. The second-order valence-corrected chi connectivity index (χ2v) is 10.5. The summed E-state index contributed by atoms with van der Waals surface area (Å²) in [4.78, 5) is 35.1. The molecule has 1 atom stereocenters. The number of benzene rings is 1. The number of para-hydroxylation sites is 1. The molecule has 2 saturated heterocycles. The van der Waals surface area contributed by atoms with Crippen molar-refractivity contribution in [1.82, 2.24) is 25.3 Å². The summed E-state index contributed by atoms with van der Waals surface area (Å²) < 4.78 is 1.06. The third-order valence-electron chi connectivity index (χ3n) is 6.32. The summed E-state index contributed by atoms with van der Waals surface area (Å²) in [6.45, 7) is 5.11. The van der Waals surface area contributed by atoms with Gasteiger partial charge in [0.15, 0.2) is 5.13 Å². The Labute approximate surface area is 204 Å². The number of anilines is 3. The third-order valence-corrected chi connectivity index (χ3v) is 8.21. The van der Waals surface area contributed by atoms with Crippen LogP contribution in [0, 0.1) is 0 Å². The Bertz CT molecular complexity index is 1290. The molecule has 4 aromatic rings. The lowest BCUT2D eigenvalue weighted by Gasteiger charge is -2.35. The Morgan fingerprint density at radius 2 is 1.94 bits per heavy atom. The van der Waals surface area contributed by atoms with Gasteiger partial charge >= 0.3 is 0 Å². The Hall–Kier alpha value is -3.02. The van der Waals surface area contributed by atoms with Crippen LogP contribution in [0.2, 0.25) is 0 Å². The number of aromatic nitrogens is 4. The molecule has 0 bridgehead atoms. The quantitative estimate of drug-likeness (QED) is 0.389. The molecule has 2 aliphatic rings. The lowest BCUT2D eigenvalue weighted by molar-refractivity contribution is 0.479. The molecule has 9 nitrogen and oxygen atoms in total. The number of rotatable bonds is 5. The number of aromatic amines is 1. The van der Waals surface area contributed by atoms with Gasteiger partial charge in [-0.25, -0.2) is 9.97 Å². The van der Waals surface area contributed by atoms with E-state index in [0.29, 0.717) is 22.3 Å². The van der Waals surface area contributed by atoms with Crippen molar-refractivity contribution in [2.45, 2.75) is 18.9 Å². The average Bonchev–Trinajstić information content (AvgIpc) is 3.55. The Morgan fingerprint density at radius 3 is 2.71 bits per heavy atom. The van der Waals surface area contributed by atoms with Crippen molar-refractivity contribution in [3.05, 3.63) is 46.2 Å². The molecular formula is C23H26N8OS2. The molecular weight excluding hydrogens is 468 g/mol. The van der Waals surface area contributed by atoms with Gasteiger partial charge in [-0.3, -0.25) is 9.78 Å². The van der Waals surface area contributed by atoms with Crippen molar-refractivity contribution in [1.29, 1.82) is 0 Å². The van der Waals surface area contributed by atoms with E-state index < -0.39 is 0 Å². The van der Waals surface area contributed by atoms with Crippen molar-refractivity contribution >= 4 is 49.8 Å². The van der Waals surface area contributed by atoms with Gasteiger partial charge in [-0.1, -0.05) is 12.1 Å². The fraction of sp³-hybridized carbons (Fsp3) is 0.391. The van der Waals surface area contributed by atoms with Crippen molar-refractivity contribution in [3.8, 4) is 10.6 Å². The normalized spacial score (nSPS) is 19.0. The van der Waals surface area contributed by atoms with Gasteiger partial charge in [0, 0.05) is 50.3 Å². The number of hydrogen-bond donors (Lipinski definition) is 3. The molecule has 34 heavy (non-hydrogen) atoms. The zero-order chi connectivity index (χ0) is 22.9. The van der Waals surface area contributed by atoms with E-state index in [2.05, 4.69) is 30.4 Å². The molecule has 0 unspecified atom stereocenters. The number of hydrogen-bond acceptors (Lipinski definition) is 10. The van der Waals surface area contributed by atoms with E-state index in [1.54, 1.807) is 11.3 Å². The zero-order valence-electron chi connectivity index (χ0n) is 18.7. The number of thiazole rings is 2. The topological polar surface area (TPSA) is 102 Å². The van der Waals surface area contributed by atoms with Gasteiger partial charge in [0.2, 0.25) is 5.95 Å². The highest BCUT2D eigenvalue weighted by molar-refractivity contribution is 7.21.